The standard InChI is InChI=1S/C13H31N3O/c1-11(2)13(9-16(3)4)15-12(10-17-5)7-6-8-14/h11-13,15H,6-10,14H2,1-5H3. The molecule has 0 aliphatic heterocycles. The number of nitrogens with two attached hydrogens (primary N) is 1. The van der Waals surface area contributed by atoms with Crippen molar-refractivity contribution in [3.8, 4) is 0 Å². The average Bonchev–Trinajstić information content (AvgIpc) is 2.24. The van der Waals surface area contributed by atoms with Gasteiger partial charge in [0.15, 0.2) is 0 Å². The van der Waals surface area contributed by atoms with E-state index in [0.29, 0.717) is 18.0 Å². The Bertz CT molecular complexity index is 174. The molecule has 3 N–H and O–H groups in total. The molecule has 0 bridgehead atoms. The van der Waals surface area contributed by atoms with Crippen LogP contribution in [-0.4, -0.2) is 57.9 Å². The van der Waals surface area contributed by atoms with Crippen LogP contribution in [0.4, 0.5) is 0 Å². The lowest BCUT2D eigenvalue weighted by molar-refractivity contribution is 0.144. The predicted octanol–water partition coefficient (Wildman–Crippen LogP) is 0.916. The molecule has 4 heteroatoms. The maximum atomic E-state index is 5.57. The largest absolute Gasteiger partial charge is 0.383 e. The van der Waals surface area contributed by atoms with Crippen molar-refractivity contribution in [1.82, 2.24) is 10.2 Å². The van der Waals surface area contributed by atoms with E-state index in [1.807, 2.05) is 0 Å². The lowest BCUT2D eigenvalue weighted by atomic mass is 10.0. The topological polar surface area (TPSA) is 50.5 Å². The third kappa shape index (κ3) is 8.55. The predicted molar refractivity (Wildman–Crippen MR) is 74.3 cm³/mol. The summed E-state index contributed by atoms with van der Waals surface area (Å²) in [6.07, 6.45) is 2.13. The molecule has 0 fully saturated rings. The Morgan fingerprint density at radius 1 is 1.29 bits per heavy atom. The molecule has 17 heavy (non-hydrogen) atoms. The van der Waals surface area contributed by atoms with Gasteiger partial charge >= 0.3 is 0 Å². The summed E-state index contributed by atoms with van der Waals surface area (Å²) >= 11 is 0. The van der Waals surface area contributed by atoms with E-state index in [2.05, 4.69) is 38.2 Å². The summed E-state index contributed by atoms with van der Waals surface area (Å²) in [6.45, 7) is 7.08. The van der Waals surface area contributed by atoms with Crippen molar-refractivity contribution in [3.63, 3.8) is 0 Å². The van der Waals surface area contributed by atoms with Crippen LogP contribution in [0.15, 0.2) is 0 Å². The first-order valence-corrected chi connectivity index (χ1v) is 6.61. The first-order valence-electron chi connectivity index (χ1n) is 6.61. The van der Waals surface area contributed by atoms with Crippen LogP contribution in [0.1, 0.15) is 26.7 Å². The van der Waals surface area contributed by atoms with Crippen LogP contribution in [0.2, 0.25) is 0 Å². The minimum atomic E-state index is 0.413. The number of hydrogen-bond acceptors (Lipinski definition) is 4. The summed E-state index contributed by atoms with van der Waals surface area (Å²) in [5.41, 5.74) is 5.57. The molecule has 0 spiro atoms. The second kappa shape index (κ2) is 9.83. The van der Waals surface area contributed by atoms with E-state index < -0.39 is 0 Å². The summed E-state index contributed by atoms with van der Waals surface area (Å²) in [4.78, 5) is 2.23. The smallest absolute Gasteiger partial charge is 0.0615 e. The lowest BCUT2D eigenvalue weighted by Gasteiger charge is -2.30. The van der Waals surface area contributed by atoms with Gasteiger partial charge in [-0.05, 0) is 39.4 Å². The summed E-state index contributed by atoms with van der Waals surface area (Å²) in [7, 11) is 5.98. The van der Waals surface area contributed by atoms with E-state index in [1.165, 1.54) is 0 Å². The molecule has 0 radical (unpaired) electrons. The van der Waals surface area contributed by atoms with Crippen LogP contribution >= 0.6 is 0 Å². The zero-order valence-corrected chi connectivity index (χ0v) is 12.2. The Balaban J connectivity index is 4.23. The molecule has 0 aromatic rings. The Kier molecular flexibility index (Phi) is 9.74. The lowest BCUT2D eigenvalue weighted by Crippen LogP contribution is -2.48. The number of likely N-dealkylation sites (N-methyl/N-ethyl adjacent to an activating group) is 1. The molecular formula is C13H31N3O. The number of methoxy groups -OCH3 is 1. The molecule has 2 unspecified atom stereocenters. The van der Waals surface area contributed by atoms with E-state index in [0.717, 1.165) is 32.5 Å². The first-order chi connectivity index (χ1) is 8.01. The highest BCUT2D eigenvalue weighted by Gasteiger charge is 2.18. The van der Waals surface area contributed by atoms with Gasteiger partial charge in [0.05, 0.1) is 6.61 Å². The number of nitrogens with one attached hydrogen (secondary N) is 1. The van der Waals surface area contributed by atoms with Gasteiger partial charge in [-0.1, -0.05) is 13.8 Å². The number of rotatable bonds is 10. The molecule has 0 rings (SSSR count). The Hall–Kier alpha value is -0.160. The molecule has 0 saturated heterocycles. The Morgan fingerprint density at radius 2 is 1.94 bits per heavy atom. The van der Waals surface area contributed by atoms with Crippen LogP contribution in [0, 0.1) is 5.92 Å². The van der Waals surface area contributed by atoms with Gasteiger partial charge in [0.2, 0.25) is 0 Å². The number of hydrogen-bond donors (Lipinski definition) is 2. The normalized spacial score (nSPS) is 15.5. The van der Waals surface area contributed by atoms with Gasteiger partial charge in [-0.3, -0.25) is 0 Å². The maximum absolute atomic E-state index is 5.57. The van der Waals surface area contributed by atoms with Gasteiger partial charge in [-0.25, -0.2) is 0 Å². The molecule has 4 nitrogen and oxygen atoms in total. The van der Waals surface area contributed by atoms with E-state index in [9.17, 15) is 0 Å². The Morgan fingerprint density at radius 3 is 2.35 bits per heavy atom. The molecule has 2 atom stereocenters. The van der Waals surface area contributed by atoms with Gasteiger partial charge in [0.1, 0.15) is 0 Å². The van der Waals surface area contributed by atoms with E-state index in [4.69, 9.17) is 10.5 Å². The third-order valence-electron chi connectivity index (χ3n) is 2.94. The van der Waals surface area contributed by atoms with Gasteiger partial charge in [0.25, 0.3) is 0 Å². The highest BCUT2D eigenvalue weighted by molar-refractivity contribution is 4.78. The van der Waals surface area contributed by atoms with Crippen LogP contribution < -0.4 is 11.1 Å². The maximum Gasteiger partial charge on any atom is 0.0615 e. The fourth-order valence-corrected chi connectivity index (χ4v) is 1.93. The summed E-state index contributed by atoms with van der Waals surface area (Å²) < 4.78 is 5.27. The zero-order chi connectivity index (χ0) is 13.3. The fourth-order valence-electron chi connectivity index (χ4n) is 1.93. The van der Waals surface area contributed by atoms with Gasteiger partial charge in [-0.2, -0.15) is 0 Å². The van der Waals surface area contributed by atoms with Gasteiger partial charge < -0.3 is 20.7 Å². The fraction of sp³-hybridized carbons (Fsp3) is 1.00. The second-order valence-corrected chi connectivity index (χ2v) is 5.36. The summed E-state index contributed by atoms with van der Waals surface area (Å²) in [5.74, 6) is 0.620. The van der Waals surface area contributed by atoms with Crippen molar-refractivity contribution in [2.75, 3.05) is 40.9 Å². The molecule has 0 aliphatic rings. The van der Waals surface area contributed by atoms with E-state index in [-0.39, 0.29) is 0 Å². The van der Waals surface area contributed by atoms with Gasteiger partial charge in [-0.15, -0.1) is 0 Å². The molecule has 0 saturated carbocycles. The van der Waals surface area contributed by atoms with Crippen molar-refractivity contribution >= 4 is 0 Å². The SMILES string of the molecule is COCC(CCCN)NC(CN(C)C)C(C)C. The zero-order valence-electron chi connectivity index (χ0n) is 12.2. The molecule has 0 amide bonds. The van der Waals surface area contributed by atoms with Crippen LogP contribution in [-0.2, 0) is 4.74 Å². The second-order valence-electron chi connectivity index (χ2n) is 5.36. The third-order valence-corrected chi connectivity index (χ3v) is 2.94. The molecule has 0 aliphatic carbocycles. The van der Waals surface area contributed by atoms with Crippen molar-refractivity contribution in [3.05, 3.63) is 0 Å². The van der Waals surface area contributed by atoms with Crippen molar-refractivity contribution in [1.29, 1.82) is 0 Å². The van der Waals surface area contributed by atoms with Crippen LogP contribution in [0.25, 0.3) is 0 Å². The minimum absolute atomic E-state index is 0.413. The monoisotopic (exact) mass is 245 g/mol. The highest BCUT2D eigenvalue weighted by atomic mass is 16.5. The molecule has 0 heterocycles. The summed E-state index contributed by atoms with van der Waals surface area (Å²) in [6, 6.07) is 0.916. The average molecular weight is 245 g/mol. The van der Waals surface area contributed by atoms with Crippen molar-refractivity contribution in [2.24, 2.45) is 11.7 Å². The molecular weight excluding hydrogens is 214 g/mol. The Labute approximate surface area is 107 Å². The van der Waals surface area contributed by atoms with Gasteiger partial charge in [0, 0.05) is 25.7 Å². The molecule has 0 aromatic carbocycles. The first kappa shape index (κ1) is 16.8. The highest BCUT2D eigenvalue weighted by Crippen LogP contribution is 2.07. The van der Waals surface area contributed by atoms with Crippen LogP contribution in [0.3, 0.4) is 0 Å². The van der Waals surface area contributed by atoms with E-state index >= 15 is 0 Å². The molecule has 104 valence electrons. The van der Waals surface area contributed by atoms with E-state index in [1.54, 1.807) is 7.11 Å². The quantitative estimate of drug-likeness (QED) is 0.601. The number of nitrogens with zero attached hydrogens (tertiary/aromatic N) is 1. The summed E-state index contributed by atoms with van der Waals surface area (Å²) in [5, 5.41) is 3.70. The van der Waals surface area contributed by atoms with Crippen molar-refractivity contribution in [2.45, 2.75) is 38.8 Å². The molecule has 0 aromatic heterocycles. The van der Waals surface area contributed by atoms with Crippen molar-refractivity contribution < 1.29 is 4.74 Å². The minimum Gasteiger partial charge on any atom is -0.383 e. The van der Waals surface area contributed by atoms with Crippen LogP contribution in [0.5, 0.6) is 0 Å². The number of ether oxygens (including phenoxy) is 1.